The molecule has 0 bridgehead atoms. The maximum Gasteiger partial charge on any atom is 0.252 e. The molecule has 1 aromatic heterocycles. The zero-order chi connectivity index (χ0) is 13.4. The first kappa shape index (κ1) is 14.4. The van der Waals surface area contributed by atoms with E-state index in [1.165, 1.54) is 20.4 Å². The second-order valence-electron chi connectivity index (χ2n) is 3.74. The molecule has 0 saturated carbocycles. The minimum Gasteiger partial charge on any atom is -0.481 e. The normalized spacial score (nSPS) is 11.9. The Labute approximate surface area is 106 Å². The highest BCUT2D eigenvalue weighted by Gasteiger charge is 2.08. The molecule has 6 nitrogen and oxygen atoms in total. The fraction of sp³-hybridized carbons (Fsp3) is 0.500. The van der Waals surface area contributed by atoms with E-state index in [1.807, 2.05) is 0 Å². The molecule has 0 spiro atoms. The summed E-state index contributed by atoms with van der Waals surface area (Å²) in [6.45, 7) is 0.648. The molecule has 0 aromatic carbocycles. The van der Waals surface area contributed by atoms with E-state index in [9.17, 15) is 9.90 Å². The number of methoxy groups -OCH3 is 2. The van der Waals surface area contributed by atoms with Crippen LogP contribution in [0.5, 0.6) is 5.88 Å². The second kappa shape index (κ2) is 7.62. The largest absolute Gasteiger partial charge is 0.481 e. The van der Waals surface area contributed by atoms with Crippen molar-refractivity contribution < 1.29 is 19.4 Å². The van der Waals surface area contributed by atoms with Gasteiger partial charge in [0.2, 0.25) is 5.88 Å². The van der Waals surface area contributed by atoms with Crippen LogP contribution in [0.4, 0.5) is 0 Å². The number of carbonyl (C=O) groups excluding carboxylic acids is 1. The molecule has 0 radical (unpaired) electrons. The predicted molar refractivity (Wildman–Crippen MR) is 65.6 cm³/mol. The second-order valence-corrected chi connectivity index (χ2v) is 3.74. The zero-order valence-corrected chi connectivity index (χ0v) is 10.5. The third kappa shape index (κ3) is 4.68. The highest BCUT2D eigenvalue weighted by Crippen LogP contribution is 2.06. The van der Waals surface area contributed by atoms with E-state index in [0.29, 0.717) is 24.4 Å². The third-order valence-corrected chi connectivity index (χ3v) is 2.33. The number of hydrogen-bond acceptors (Lipinski definition) is 5. The molecule has 0 aliphatic carbocycles. The maximum absolute atomic E-state index is 11.7. The van der Waals surface area contributed by atoms with Crippen LogP contribution in [0.2, 0.25) is 0 Å². The lowest BCUT2D eigenvalue weighted by molar-refractivity contribution is 0.0587. The number of nitrogens with zero attached hydrogens (tertiary/aromatic N) is 1. The molecular weight excluding hydrogens is 236 g/mol. The molecule has 100 valence electrons. The Morgan fingerprint density at radius 3 is 2.83 bits per heavy atom. The van der Waals surface area contributed by atoms with Crippen LogP contribution in [-0.2, 0) is 4.74 Å². The van der Waals surface area contributed by atoms with Crippen molar-refractivity contribution in [3.8, 4) is 5.88 Å². The zero-order valence-electron chi connectivity index (χ0n) is 10.5. The van der Waals surface area contributed by atoms with Crippen molar-refractivity contribution in [3.05, 3.63) is 23.9 Å². The molecule has 0 fully saturated rings. The summed E-state index contributed by atoms with van der Waals surface area (Å²) in [5.41, 5.74) is 0.456. The first-order chi connectivity index (χ1) is 8.67. The van der Waals surface area contributed by atoms with Crippen LogP contribution in [0.3, 0.4) is 0 Å². The minimum absolute atomic E-state index is 0.227. The maximum atomic E-state index is 11.7. The summed E-state index contributed by atoms with van der Waals surface area (Å²) >= 11 is 0. The van der Waals surface area contributed by atoms with Gasteiger partial charge in [-0.15, -0.1) is 0 Å². The Kier molecular flexibility index (Phi) is 6.10. The van der Waals surface area contributed by atoms with Gasteiger partial charge in [0, 0.05) is 25.9 Å². The van der Waals surface area contributed by atoms with E-state index in [-0.39, 0.29) is 12.5 Å². The van der Waals surface area contributed by atoms with E-state index >= 15 is 0 Å². The Hall–Kier alpha value is -1.66. The number of aromatic nitrogens is 1. The summed E-state index contributed by atoms with van der Waals surface area (Å²) in [6.07, 6.45) is 1.33. The van der Waals surface area contributed by atoms with E-state index in [1.54, 1.807) is 12.1 Å². The van der Waals surface area contributed by atoms with E-state index < -0.39 is 6.10 Å². The van der Waals surface area contributed by atoms with Crippen molar-refractivity contribution in [1.29, 1.82) is 0 Å². The standard InChI is InChI=1S/C12H18N2O4/c1-17-8-10(15)5-6-13-12(16)9-3-4-11(18-2)14-7-9/h3-4,7,10,15H,5-6,8H2,1-2H3,(H,13,16). The van der Waals surface area contributed by atoms with Crippen LogP contribution in [-0.4, -0.2) is 49.5 Å². The Balaban J connectivity index is 2.35. The van der Waals surface area contributed by atoms with Crippen LogP contribution >= 0.6 is 0 Å². The SMILES string of the molecule is COCC(O)CCNC(=O)c1ccc(OC)nc1. The van der Waals surface area contributed by atoms with Crippen LogP contribution in [0.25, 0.3) is 0 Å². The van der Waals surface area contributed by atoms with Gasteiger partial charge in [-0.25, -0.2) is 4.98 Å². The number of ether oxygens (including phenoxy) is 2. The van der Waals surface area contributed by atoms with Gasteiger partial charge >= 0.3 is 0 Å². The number of carbonyl (C=O) groups is 1. The summed E-state index contributed by atoms with van der Waals surface area (Å²) in [5.74, 6) is 0.233. The first-order valence-corrected chi connectivity index (χ1v) is 5.62. The Morgan fingerprint density at radius 1 is 1.50 bits per heavy atom. The predicted octanol–water partition coefficient (Wildman–Crippen LogP) is 0.217. The summed E-state index contributed by atoms with van der Waals surface area (Å²) in [6, 6.07) is 3.25. The lowest BCUT2D eigenvalue weighted by atomic mass is 10.2. The van der Waals surface area contributed by atoms with Gasteiger partial charge < -0.3 is 19.9 Å². The van der Waals surface area contributed by atoms with Crippen molar-refractivity contribution in [2.24, 2.45) is 0 Å². The van der Waals surface area contributed by atoms with Crippen LogP contribution in [0.15, 0.2) is 18.3 Å². The number of pyridine rings is 1. The van der Waals surface area contributed by atoms with Crippen molar-refractivity contribution in [2.75, 3.05) is 27.4 Å². The highest BCUT2D eigenvalue weighted by atomic mass is 16.5. The van der Waals surface area contributed by atoms with Gasteiger partial charge in [-0.2, -0.15) is 0 Å². The summed E-state index contributed by atoms with van der Waals surface area (Å²) < 4.78 is 9.68. The van der Waals surface area contributed by atoms with Crippen LogP contribution < -0.4 is 10.1 Å². The fourth-order valence-electron chi connectivity index (χ4n) is 1.37. The van der Waals surface area contributed by atoms with Gasteiger partial charge in [0.25, 0.3) is 5.91 Å². The minimum atomic E-state index is -0.565. The molecule has 0 saturated heterocycles. The topological polar surface area (TPSA) is 80.7 Å². The average molecular weight is 254 g/mol. The van der Waals surface area contributed by atoms with E-state index in [2.05, 4.69) is 10.3 Å². The number of hydrogen-bond donors (Lipinski definition) is 2. The Morgan fingerprint density at radius 2 is 2.28 bits per heavy atom. The summed E-state index contributed by atoms with van der Waals surface area (Å²) in [7, 11) is 3.03. The van der Waals surface area contributed by atoms with Crippen LogP contribution in [0, 0.1) is 0 Å². The van der Waals surface area contributed by atoms with Crippen molar-refractivity contribution in [3.63, 3.8) is 0 Å². The molecule has 0 aliphatic heterocycles. The number of amides is 1. The van der Waals surface area contributed by atoms with Crippen molar-refractivity contribution >= 4 is 5.91 Å². The molecule has 1 amide bonds. The van der Waals surface area contributed by atoms with E-state index in [0.717, 1.165) is 0 Å². The van der Waals surface area contributed by atoms with Gasteiger partial charge in [0.1, 0.15) is 0 Å². The average Bonchev–Trinajstić information content (AvgIpc) is 2.39. The smallest absolute Gasteiger partial charge is 0.252 e. The number of aliphatic hydroxyl groups is 1. The summed E-state index contributed by atoms with van der Waals surface area (Å²) in [4.78, 5) is 15.6. The molecular formula is C12H18N2O4. The van der Waals surface area contributed by atoms with Crippen LogP contribution in [0.1, 0.15) is 16.8 Å². The first-order valence-electron chi connectivity index (χ1n) is 5.62. The quantitative estimate of drug-likeness (QED) is 0.727. The number of aliphatic hydroxyl groups excluding tert-OH is 1. The molecule has 1 atom stereocenters. The van der Waals surface area contributed by atoms with Gasteiger partial charge in [-0.1, -0.05) is 0 Å². The Bertz CT molecular complexity index is 367. The highest BCUT2D eigenvalue weighted by molar-refractivity contribution is 5.93. The monoisotopic (exact) mass is 254 g/mol. The molecule has 6 heteroatoms. The molecule has 2 N–H and O–H groups in total. The van der Waals surface area contributed by atoms with Crippen molar-refractivity contribution in [1.82, 2.24) is 10.3 Å². The van der Waals surface area contributed by atoms with E-state index in [4.69, 9.17) is 9.47 Å². The van der Waals surface area contributed by atoms with Crippen molar-refractivity contribution in [2.45, 2.75) is 12.5 Å². The molecule has 0 aliphatic rings. The van der Waals surface area contributed by atoms with Gasteiger partial charge in [0.15, 0.2) is 0 Å². The molecule has 1 unspecified atom stereocenters. The third-order valence-electron chi connectivity index (χ3n) is 2.33. The van der Waals surface area contributed by atoms with Gasteiger partial charge in [-0.05, 0) is 12.5 Å². The molecule has 1 heterocycles. The molecule has 1 rings (SSSR count). The molecule has 1 aromatic rings. The molecule has 18 heavy (non-hydrogen) atoms. The van der Waals surface area contributed by atoms with Gasteiger partial charge in [-0.3, -0.25) is 4.79 Å². The lowest BCUT2D eigenvalue weighted by Gasteiger charge is -2.10. The fourth-order valence-corrected chi connectivity index (χ4v) is 1.37. The number of rotatable bonds is 7. The van der Waals surface area contributed by atoms with Gasteiger partial charge in [0.05, 0.1) is 25.4 Å². The lowest BCUT2D eigenvalue weighted by Crippen LogP contribution is -2.28. The summed E-state index contributed by atoms with van der Waals surface area (Å²) in [5, 5.41) is 12.1. The number of nitrogens with one attached hydrogen (secondary N) is 1.